The Morgan fingerprint density at radius 3 is 2.50 bits per heavy atom. The normalized spacial score (nSPS) is 20.8. The van der Waals surface area contributed by atoms with Crippen LogP contribution in [0.15, 0.2) is 0 Å². The Morgan fingerprint density at radius 2 is 2.00 bits per heavy atom. The molecule has 0 spiro atoms. The van der Waals surface area contributed by atoms with Gasteiger partial charge in [-0.25, -0.2) is 0 Å². The first kappa shape index (κ1) is 9.98. The molecule has 3 heteroatoms. The maximum atomic E-state index is 10.9. The molecule has 12 heavy (non-hydrogen) atoms. The molecule has 0 amide bonds. The molecule has 0 radical (unpaired) electrons. The van der Waals surface area contributed by atoms with Gasteiger partial charge in [0.25, 0.3) is 0 Å². The van der Waals surface area contributed by atoms with Gasteiger partial charge in [0.05, 0.1) is 32.0 Å². The van der Waals surface area contributed by atoms with E-state index in [0.29, 0.717) is 6.42 Å². The molecule has 0 unspecified atom stereocenters. The van der Waals surface area contributed by atoms with Crippen LogP contribution in [-0.2, 0) is 9.53 Å². The molecule has 1 saturated heterocycles. The Labute approximate surface area is 75.0 Å². The number of hydrogen-bond donors (Lipinski definition) is 0. The van der Waals surface area contributed by atoms with E-state index in [2.05, 4.69) is 11.4 Å². The maximum absolute atomic E-state index is 10.9. The van der Waals surface area contributed by atoms with Gasteiger partial charge in [-0.2, -0.15) is 0 Å². The molecule has 1 aliphatic rings. The Bertz CT molecular complexity index is 162. The van der Waals surface area contributed by atoms with Gasteiger partial charge in [0.1, 0.15) is 0 Å². The van der Waals surface area contributed by atoms with E-state index in [9.17, 15) is 4.79 Å². The molecule has 0 aliphatic carbocycles. The molecular weight excluding hydrogens is 171 g/mol. The largest absolute Gasteiger partial charge is 0.469 e. The van der Waals surface area contributed by atoms with Crippen molar-refractivity contribution in [3.63, 3.8) is 0 Å². The molecule has 0 N–H and O–H groups in total. The molecule has 0 aromatic heterocycles. The van der Waals surface area contributed by atoms with Crippen LogP contribution in [0, 0.1) is 0 Å². The summed E-state index contributed by atoms with van der Waals surface area (Å²) >= 11 is 0. The lowest BCUT2D eigenvalue weighted by Crippen LogP contribution is -2.07. The zero-order valence-electron chi connectivity index (χ0n) is 8.01. The third-order valence-corrected chi connectivity index (χ3v) is 6.82. The zero-order chi connectivity index (χ0) is 9.03. The fourth-order valence-corrected chi connectivity index (χ4v) is 5.15. The highest BCUT2D eigenvalue weighted by Crippen LogP contribution is 2.60. The average Bonchev–Trinajstić information content (AvgIpc) is 2.49. The van der Waals surface area contributed by atoms with Crippen molar-refractivity contribution in [3.05, 3.63) is 0 Å². The van der Waals surface area contributed by atoms with Crippen molar-refractivity contribution in [1.82, 2.24) is 0 Å². The molecule has 1 heterocycles. The number of esters is 1. The molecule has 0 atom stereocenters. The van der Waals surface area contributed by atoms with E-state index in [1.54, 1.807) is 0 Å². The van der Waals surface area contributed by atoms with Crippen LogP contribution in [0.1, 0.15) is 19.3 Å². The van der Waals surface area contributed by atoms with E-state index in [1.165, 1.54) is 32.3 Å². The summed E-state index contributed by atoms with van der Waals surface area (Å²) in [6.45, 7) is 2.39. The minimum atomic E-state index is -0.688. The van der Waals surface area contributed by atoms with Crippen molar-refractivity contribution in [2.75, 3.05) is 32.3 Å². The molecule has 2 nitrogen and oxygen atoms in total. The second kappa shape index (κ2) is 4.23. The molecule has 1 aliphatic heterocycles. The Morgan fingerprint density at radius 1 is 1.42 bits per heavy atom. The molecule has 1 fully saturated rings. The summed E-state index contributed by atoms with van der Waals surface area (Å²) < 4.78 is 4.63. The first-order chi connectivity index (χ1) is 5.66. The summed E-state index contributed by atoms with van der Waals surface area (Å²) in [5, 5.41) is 0. The van der Waals surface area contributed by atoms with Crippen LogP contribution in [0.25, 0.3) is 0 Å². The van der Waals surface area contributed by atoms with E-state index in [0.717, 1.165) is 6.16 Å². The van der Waals surface area contributed by atoms with Crippen molar-refractivity contribution in [2.45, 2.75) is 19.3 Å². The van der Waals surface area contributed by atoms with Gasteiger partial charge in [-0.05, 0) is 12.8 Å². The summed E-state index contributed by atoms with van der Waals surface area (Å²) in [6, 6.07) is 0. The summed E-state index contributed by atoms with van der Waals surface area (Å²) in [5.74, 6) is -0.0388. The van der Waals surface area contributed by atoms with Crippen LogP contribution in [0.4, 0.5) is 0 Å². The van der Waals surface area contributed by atoms with Crippen LogP contribution in [0.5, 0.6) is 0 Å². The van der Waals surface area contributed by atoms with Crippen LogP contribution in [0.3, 0.4) is 0 Å². The van der Waals surface area contributed by atoms with Crippen LogP contribution < -0.4 is 0 Å². The first-order valence-corrected chi connectivity index (χ1v) is 7.36. The predicted octanol–water partition coefficient (Wildman–Crippen LogP) is 1.99. The van der Waals surface area contributed by atoms with Crippen LogP contribution >= 0.6 is 7.26 Å². The van der Waals surface area contributed by atoms with Crippen molar-refractivity contribution in [1.29, 1.82) is 0 Å². The lowest BCUT2D eigenvalue weighted by molar-refractivity contribution is -0.140. The van der Waals surface area contributed by atoms with Crippen LogP contribution in [-0.4, -0.2) is 38.2 Å². The van der Waals surface area contributed by atoms with Gasteiger partial charge in [-0.3, -0.25) is 4.79 Å². The monoisotopic (exact) mass is 189 g/mol. The molecule has 0 bridgehead atoms. The second-order valence-corrected chi connectivity index (χ2v) is 8.40. The highest BCUT2D eigenvalue weighted by molar-refractivity contribution is 7.75. The molecular formula is C9H18O2P+. The quantitative estimate of drug-likeness (QED) is 0.501. The molecule has 0 aromatic rings. The maximum Gasteiger partial charge on any atom is 0.309 e. The second-order valence-electron chi connectivity index (χ2n) is 3.82. The fourth-order valence-electron chi connectivity index (χ4n) is 1.79. The standard InChI is InChI=1S/C9H18O2P/c1-11-9(10)5-8-12(2)6-3-4-7-12/h3-8H2,1-2H3/q+1. The van der Waals surface area contributed by atoms with Gasteiger partial charge < -0.3 is 4.74 Å². The third kappa shape index (κ3) is 2.75. The number of carbonyl (C=O) groups excluding carboxylic acids is 1. The van der Waals surface area contributed by atoms with Crippen molar-refractivity contribution < 1.29 is 9.53 Å². The van der Waals surface area contributed by atoms with Gasteiger partial charge in [-0.1, -0.05) is 0 Å². The number of hydrogen-bond acceptors (Lipinski definition) is 2. The highest BCUT2D eigenvalue weighted by Gasteiger charge is 2.35. The van der Waals surface area contributed by atoms with Gasteiger partial charge in [0.2, 0.25) is 0 Å². The SMILES string of the molecule is COC(=O)CC[P+]1(C)CCCC1. The first-order valence-electron chi connectivity index (χ1n) is 4.57. The number of methoxy groups -OCH3 is 1. The summed E-state index contributed by atoms with van der Waals surface area (Å²) in [4.78, 5) is 10.9. The van der Waals surface area contributed by atoms with Gasteiger partial charge >= 0.3 is 5.97 Å². The molecule has 1 rings (SSSR count). The lowest BCUT2D eigenvalue weighted by atomic mass is 10.4. The molecule has 70 valence electrons. The van der Waals surface area contributed by atoms with Crippen molar-refractivity contribution in [2.24, 2.45) is 0 Å². The average molecular weight is 189 g/mol. The Balaban J connectivity index is 2.25. The van der Waals surface area contributed by atoms with Crippen molar-refractivity contribution >= 4 is 13.2 Å². The highest BCUT2D eigenvalue weighted by atomic mass is 31.2. The smallest absolute Gasteiger partial charge is 0.309 e. The minimum absolute atomic E-state index is 0.0388. The number of rotatable bonds is 3. The Kier molecular flexibility index (Phi) is 3.52. The van der Waals surface area contributed by atoms with E-state index >= 15 is 0 Å². The summed E-state index contributed by atoms with van der Waals surface area (Å²) in [5.41, 5.74) is 0. The summed E-state index contributed by atoms with van der Waals surface area (Å²) in [6.07, 6.45) is 7.30. The molecule has 0 saturated carbocycles. The van der Waals surface area contributed by atoms with E-state index < -0.39 is 7.26 Å². The lowest BCUT2D eigenvalue weighted by Gasteiger charge is -2.15. The molecule has 0 aromatic carbocycles. The van der Waals surface area contributed by atoms with Gasteiger partial charge in [0, 0.05) is 13.9 Å². The Hall–Kier alpha value is -0.100. The predicted molar refractivity (Wildman–Crippen MR) is 53.3 cm³/mol. The van der Waals surface area contributed by atoms with E-state index in [1.807, 2.05) is 0 Å². The van der Waals surface area contributed by atoms with E-state index in [4.69, 9.17) is 0 Å². The summed E-state index contributed by atoms with van der Waals surface area (Å²) in [7, 11) is 0.782. The minimum Gasteiger partial charge on any atom is -0.469 e. The van der Waals surface area contributed by atoms with Gasteiger partial charge in [0.15, 0.2) is 0 Å². The third-order valence-electron chi connectivity index (χ3n) is 2.73. The number of ether oxygens (including phenoxy) is 1. The fraction of sp³-hybridized carbons (Fsp3) is 0.889. The van der Waals surface area contributed by atoms with E-state index in [-0.39, 0.29) is 5.97 Å². The topological polar surface area (TPSA) is 26.3 Å². The number of carbonyl (C=O) groups is 1. The van der Waals surface area contributed by atoms with Gasteiger partial charge in [-0.15, -0.1) is 0 Å². The zero-order valence-corrected chi connectivity index (χ0v) is 8.90. The van der Waals surface area contributed by atoms with Crippen LogP contribution in [0.2, 0.25) is 0 Å². The van der Waals surface area contributed by atoms with Crippen molar-refractivity contribution in [3.8, 4) is 0 Å².